The quantitative estimate of drug-likeness (QED) is 0.381. The molecule has 2 aromatic rings. The van der Waals surface area contributed by atoms with Crippen molar-refractivity contribution in [1.29, 1.82) is 0 Å². The van der Waals surface area contributed by atoms with E-state index in [2.05, 4.69) is 10.3 Å². The van der Waals surface area contributed by atoms with E-state index in [-0.39, 0.29) is 41.9 Å². The smallest absolute Gasteiger partial charge is 0.193 e. The minimum Gasteiger partial charge on any atom is -0.490 e. The first kappa shape index (κ1) is 21.1. The summed E-state index contributed by atoms with van der Waals surface area (Å²) in [6, 6.07) is 11.5. The Morgan fingerprint density at radius 3 is 2.78 bits per heavy atom. The summed E-state index contributed by atoms with van der Waals surface area (Å²) in [5.41, 5.74) is 6.69. The van der Waals surface area contributed by atoms with Gasteiger partial charge < -0.3 is 25.3 Å². The topological polar surface area (TPSA) is 78.1 Å². The Balaban J connectivity index is 0.00000261. The lowest BCUT2D eigenvalue weighted by Gasteiger charge is -2.14. The molecular formula is C19H23FIN3O3. The molecule has 1 unspecified atom stereocenters. The highest BCUT2D eigenvalue weighted by Gasteiger charge is 2.11. The van der Waals surface area contributed by atoms with Gasteiger partial charge in [-0.3, -0.25) is 0 Å². The van der Waals surface area contributed by atoms with Crippen molar-refractivity contribution in [1.82, 2.24) is 0 Å². The Morgan fingerprint density at radius 2 is 2.00 bits per heavy atom. The van der Waals surface area contributed by atoms with Crippen LogP contribution in [0.25, 0.3) is 0 Å². The summed E-state index contributed by atoms with van der Waals surface area (Å²) < 4.78 is 30.0. The number of nitrogens with one attached hydrogen (secondary N) is 1. The molecule has 1 atom stereocenters. The normalized spacial score (nSPS) is 14.5. The predicted molar refractivity (Wildman–Crippen MR) is 114 cm³/mol. The first-order valence-electron chi connectivity index (χ1n) is 8.49. The monoisotopic (exact) mass is 487 g/mol. The number of rotatable bonds is 5. The van der Waals surface area contributed by atoms with Gasteiger partial charge in [-0.25, -0.2) is 9.38 Å². The van der Waals surface area contributed by atoms with E-state index in [0.29, 0.717) is 31.3 Å². The summed E-state index contributed by atoms with van der Waals surface area (Å²) in [5, 5.41) is 3.02. The number of aliphatic imine (C=N–C) groups is 1. The molecule has 3 N–H and O–H groups in total. The van der Waals surface area contributed by atoms with E-state index in [4.69, 9.17) is 19.9 Å². The van der Waals surface area contributed by atoms with Crippen LogP contribution in [0.3, 0.4) is 0 Å². The van der Waals surface area contributed by atoms with E-state index in [1.807, 2.05) is 25.1 Å². The summed E-state index contributed by atoms with van der Waals surface area (Å²) in [5.74, 6) is 1.79. The Labute approximate surface area is 174 Å². The maximum absolute atomic E-state index is 13.2. The molecule has 0 bridgehead atoms. The van der Waals surface area contributed by atoms with Crippen molar-refractivity contribution in [2.75, 3.05) is 25.1 Å². The van der Waals surface area contributed by atoms with Gasteiger partial charge in [-0.05, 0) is 31.2 Å². The number of ether oxygens (including phenoxy) is 3. The Morgan fingerprint density at radius 1 is 1.22 bits per heavy atom. The number of nitrogens with two attached hydrogens (primary N) is 1. The summed E-state index contributed by atoms with van der Waals surface area (Å²) in [7, 11) is 0. The van der Waals surface area contributed by atoms with Crippen molar-refractivity contribution in [3.05, 3.63) is 48.3 Å². The molecule has 0 aliphatic carbocycles. The van der Waals surface area contributed by atoms with Gasteiger partial charge in [0.1, 0.15) is 17.7 Å². The van der Waals surface area contributed by atoms with Crippen LogP contribution in [0.1, 0.15) is 13.3 Å². The molecule has 1 heterocycles. The van der Waals surface area contributed by atoms with E-state index < -0.39 is 0 Å². The lowest BCUT2D eigenvalue weighted by molar-refractivity contribution is 0.229. The third-order valence-corrected chi connectivity index (χ3v) is 3.67. The van der Waals surface area contributed by atoms with Gasteiger partial charge in [0, 0.05) is 24.2 Å². The zero-order valence-electron chi connectivity index (χ0n) is 15.0. The second-order valence-corrected chi connectivity index (χ2v) is 5.95. The summed E-state index contributed by atoms with van der Waals surface area (Å²) >= 11 is 0. The molecule has 2 aromatic carbocycles. The van der Waals surface area contributed by atoms with E-state index in [0.717, 1.165) is 17.9 Å². The van der Waals surface area contributed by atoms with Crippen molar-refractivity contribution >= 4 is 35.6 Å². The Hall–Kier alpha value is -2.23. The second kappa shape index (κ2) is 10.2. The summed E-state index contributed by atoms with van der Waals surface area (Å²) in [4.78, 5) is 4.26. The fraction of sp³-hybridized carbons (Fsp3) is 0.316. The number of fused-ring (bicyclic) bond motifs is 1. The van der Waals surface area contributed by atoms with Crippen molar-refractivity contribution in [3.63, 3.8) is 0 Å². The number of anilines is 1. The summed E-state index contributed by atoms with van der Waals surface area (Å²) in [6.07, 6.45) is 0.602. The largest absolute Gasteiger partial charge is 0.490 e. The van der Waals surface area contributed by atoms with Crippen LogP contribution in [0.5, 0.6) is 17.2 Å². The van der Waals surface area contributed by atoms with E-state index >= 15 is 0 Å². The van der Waals surface area contributed by atoms with Crippen LogP contribution in [-0.2, 0) is 0 Å². The molecule has 3 rings (SSSR count). The van der Waals surface area contributed by atoms with Gasteiger partial charge >= 0.3 is 0 Å². The molecule has 146 valence electrons. The number of halogens is 2. The SMILES string of the molecule is CC(CN=C(N)Nc1ccc2c(c1)OCCCO2)Oc1cccc(F)c1.I. The summed E-state index contributed by atoms with van der Waals surface area (Å²) in [6.45, 7) is 3.44. The highest BCUT2D eigenvalue weighted by Crippen LogP contribution is 2.32. The molecular weight excluding hydrogens is 464 g/mol. The minimum atomic E-state index is -0.339. The van der Waals surface area contributed by atoms with Gasteiger partial charge in [0.15, 0.2) is 17.5 Å². The van der Waals surface area contributed by atoms with E-state index in [9.17, 15) is 4.39 Å². The molecule has 0 saturated heterocycles. The third kappa shape index (κ3) is 6.46. The van der Waals surface area contributed by atoms with Crippen molar-refractivity contribution in [3.8, 4) is 17.2 Å². The molecule has 1 aliphatic rings. The maximum atomic E-state index is 13.2. The lowest BCUT2D eigenvalue weighted by Crippen LogP contribution is -2.25. The van der Waals surface area contributed by atoms with Crippen LogP contribution in [0.2, 0.25) is 0 Å². The number of guanidine groups is 1. The van der Waals surface area contributed by atoms with Crippen molar-refractivity contribution in [2.24, 2.45) is 10.7 Å². The van der Waals surface area contributed by atoms with Gasteiger partial charge in [-0.2, -0.15) is 0 Å². The molecule has 0 fully saturated rings. The van der Waals surface area contributed by atoms with Gasteiger partial charge in [0.05, 0.1) is 19.8 Å². The van der Waals surface area contributed by atoms with Crippen LogP contribution < -0.4 is 25.3 Å². The predicted octanol–water partition coefficient (Wildman–Crippen LogP) is 3.80. The van der Waals surface area contributed by atoms with E-state index in [1.54, 1.807) is 12.1 Å². The molecule has 6 nitrogen and oxygen atoms in total. The number of nitrogens with zero attached hydrogens (tertiary/aromatic N) is 1. The van der Waals surface area contributed by atoms with Crippen molar-refractivity contribution in [2.45, 2.75) is 19.4 Å². The third-order valence-electron chi connectivity index (χ3n) is 3.67. The first-order chi connectivity index (χ1) is 12.6. The Kier molecular flexibility index (Phi) is 7.96. The van der Waals surface area contributed by atoms with Crippen LogP contribution in [0, 0.1) is 5.82 Å². The molecule has 27 heavy (non-hydrogen) atoms. The van der Waals surface area contributed by atoms with Crippen LogP contribution in [0.4, 0.5) is 10.1 Å². The molecule has 0 amide bonds. The molecule has 0 radical (unpaired) electrons. The fourth-order valence-corrected chi connectivity index (χ4v) is 2.47. The number of hydrogen-bond donors (Lipinski definition) is 2. The highest BCUT2D eigenvalue weighted by molar-refractivity contribution is 14.0. The zero-order valence-corrected chi connectivity index (χ0v) is 17.3. The van der Waals surface area contributed by atoms with Gasteiger partial charge in [0.2, 0.25) is 0 Å². The molecule has 8 heteroatoms. The molecule has 0 spiro atoms. The molecule has 0 saturated carbocycles. The first-order valence-corrected chi connectivity index (χ1v) is 8.49. The zero-order chi connectivity index (χ0) is 18.4. The highest BCUT2D eigenvalue weighted by atomic mass is 127. The number of hydrogen-bond acceptors (Lipinski definition) is 4. The van der Waals surface area contributed by atoms with Crippen LogP contribution in [-0.4, -0.2) is 31.8 Å². The second-order valence-electron chi connectivity index (χ2n) is 5.95. The lowest BCUT2D eigenvalue weighted by atomic mass is 10.3. The standard InChI is InChI=1S/C19H22FN3O3.HI/c1-13(26-16-5-2-4-14(20)10-16)12-22-19(21)23-15-6-7-17-18(11-15)25-9-3-8-24-17;/h2,4-7,10-11,13H,3,8-9,12H2,1H3,(H3,21,22,23);1H. The van der Waals surface area contributed by atoms with Gasteiger partial charge in [0.25, 0.3) is 0 Å². The number of benzene rings is 2. The average molecular weight is 487 g/mol. The maximum Gasteiger partial charge on any atom is 0.193 e. The fourth-order valence-electron chi connectivity index (χ4n) is 2.47. The molecule has 0 aromatic heterocycles. The van der Waals surface area contributed by atoms with Crippen molar-refractivity contribution < 1.29 is 18.6 Å². The van der Waals surface area contributed by atoms with E-state index in [1.165, 1.54) is 12.1 Å². The average Bonchev–Trinajstić information content (AvgIpc) is 2.85. The Bertz CT molecular complexity index is 789. The van der Waals surface area contributed by atoms with Gasteiger partial charge in [-0.1, -0.05) is 6.07 Å². The molecule has 1 aliphatic heterocycles. The minimum absolute atomic E-state index is 0. The van der Waals surface area contributed by atoms with Crippen LogP contribution >= 0.6 is 24.0 Å². The van der Waals surface area contributed by atoms with Gasteiger partial charge in [-0.15, -0.1) is 24.0 Å². The van der Waals surface area contributed by atoms with Crippen LogP contribution in [0.15, 0.2) is 47.5 Å².